The van der Waals surface area contributed by atoms with E-state index >= 15 is 0 Å². The molecule has 2 aromatic rings. The van der Waals surface area contributed by atoms with Gasteiger partial charge >= 0.3 is 0 Å². The number of hydrogen-bond acceptors (Lipinski definition) is 6. The second-order valence-electron chi connectivity index (χ2n) is 7.97. The summed E-state index contributed by atoms with van der Waals surface area (Å²) in [4.78, 5) is 41.6. The van der Waals surface area contributed by atoms with Gasteiger partial charge < -0.3 is 14.7 Å². The fourth-order valence-electron chi connectivity index (χ4n) is 4.09. The van der Waals surface area contributed by atoms with Crippen LogP contribution in [0.4, 0.5) is 5.82 Å². The van der Waals surface area contributed by atoms with Crippen molar-refractivity contribution < 1.29 is 18.9 Å². The Hall–Kier alpha value is -2.71. The van der Waals surface area contributed by atoms with Gasteiger partial charge in [-0.3, -0.25) is 19.3 Å². The van der Waals surface area contributed by atoms with E-state index in [0.29, 0.717) is 35.0 Å². The van der Waals surface area contributed by atoms with Crippen molar-refractivity contribution in [3.8, 4) is 0 Å². The van der Waals surface area contributed by atoms with Crippen LogP contribution in [0.5, 0.6) is 0 Å². The molecule has 1 atom stereocenters. The summed E-state index contributed by atoms with van der Waals surface area (Å²) in [6.07, 6.45) is 2.55. The van der Waals surface area contributed by atoms with Gasteiger partial charge in [-0.15, -0.1) is 0 Å². The third-order valence-corrected chi connectivity index (χ3v) is 5.96. The summed E-state index contributed by atoms with van der Waals surface area (Å²) in [6.45, 7) is 1.68. The van der Waals surface area contributed by atoms with Crippen LogP contribution in [0.3, 0.4) is 0 Å². The van der Waals surface area contributed by atoms with Crippen molar-refractivity contribution in [3.63, 3.8) is 0 Å². The zero-order valence-electron chi connectivity index (χ0n) is 18.0. The molecule has 0 spiro atoms. The molecule has 2 amide bonds. The second kappa shape index (κ2) is 9.62. The summed E-state index contributed by atoms with van der Waals surface area (Å²) >= 11 is 6.45. The molecule has 0 bridgehead atoms. The highest BCUT2D eigenvalue weighted by molar-refractivity contribution is 6.31. The summed E-state index contributed by atoms with van der Waals surface area (Å²) in [6, 6.07) is 8.79. The molecule has 1 aliphatic carbocycles. The van der Waals surface area contributed by atoms with Gasteiger partial charge in [0.2, 0.25) is 11.8 Å². The average Bonchev–Trinajstić information content (AvgIpc) is 3.12. The number of carbonyl (C=O) groups is 3. The zero-order chi connectivity index (χ0) is 22.6. The zero-order valence-corrected chi connectivity index (χ0v) is 18.7. The quantitative estimate of drug-likeness (QED) is 0.702. The fourth-order valence-corrected chi connectivity index (χ4v) is 4.38. The number of ketones is 1. The Labute approximate surface area is 186 Å². The number of anilines is 1. The van der Waals surface area contributed by atoms with Crippen molar-refractivity contribution in [1.82, 2.24) is 15.0 Å². The van der Waals surface area contributed by atoms with Crippen LogP contribution in [-0.4, -0.2) is 59.7 Å². The van der Waals surface area contributed by atoms with Gasteiger partial charge in [0, 0.05) is 30.1 Å². The van der Waals surface area contributed by atoms with Crippen LogP contribution in [-0.2, 0) is 19.9 Å². The van der Waals surface area contributed by atoms with Crippen molar-refractivity contribution in [2.24, 2.45) is 0 Å². The molecule has 8 nitrogen and oxygen atoms in total. The SMILES string of the molecule is Cc1cc(NC(=O)CN(C)CC(=O)N(C)C2(c3ccccc3Cl)CCCCC2=O)no1. The smallest absolute Gasteiger partial charge is 0.239 e. The molecule has 1 heterocycles. The van der Waals surface area contributed by atoms with Gasteiger partial charge in [0.15, 0.2) is 11.6 Å². The normalized spacial score (nSPS) is 18.8. The largest absolute Gasteiger partial charge is 0.360 e. The summed E-state index contributed by atoms with van der Waals surface area (Å²) in [5.74, 6) is 0.320. The molecule has 166 valence electrons. The summed E-state index contributed by atoms with van der Waals surface area (Å²) in [5, 5.41) is 6.81. The van der Waals surface area contributed by atoms with E-state index in [1.807, 2.05) is 12.1 Å². The Morgan fingerprint density at radius 3 is 2.61 bits per heavy atom. The summed E-state index contributed by atoms with van der Waals surface area (Å²) < 4.78 is 4.92. The maximum Gasteiger partial charge on any atom is 0.239 e. The van der Waals surface area contributed by atoms with Gasteiger partial charge in [0.25, 0.3) is 0 Å². The van der Waals surface area contributed by atoms with E-state index in [4.69, 9.17) is 16.1 Å². The number of amides is 2. The lowest BCUT2D eigenvalue weighted by Gasteiger charge is -2.44. The highest BCUT2D eigenvalue weighted by Gasteiger charge is 2.47. The predicted octanol–water partition coefficient (Wildman–Crippen LogP) is 3.00. The van der Waals surface area contributed by atoms with E-state index < -0.39 is 5.54 Å². The standard InChI is InChI=1S/C22H27ClN4O4/c1-15-12-19(25-31-15)24-20(29)13-26(2)14-21(30)27(3)22(11-7-6-10-18(22)28)16-8-4-5-9-17(16)23/h4-5,8-9,12H,6-7,10-11,13-14H2,1-3H3,(H,24,25,29). The van der Waals surface area contributed by atoms with E-state index in [2.05, 4.69) is 10.5 Å². The minimum absolute atomic E-state index is 0.00972. The number of benzene rings is 1. The first kappa shape index (κ1) is 23.0. The topological polar surface area (TPSA) is 95.8 Å². The third kappa shape index (κ3) is 4.97. The number of rotatable bonds is 7. The van der Waals surface area contributed by atoms with Gasteiger partial charge in [0.1, 0.15) is 11.3 Å². The Morgan fingerprint density at radius 2 is 1.97 bits per heavy atom. The van der Waals surface area contributed by atoms with E-state index in [-0.39, 0.29) is 30.7 Å². The van der Waals surface area contributed by atoms with Crippen molar-refractivity contribution in [2.45, 2.75) is 38.1 Å². The average molecular weight is 447 g/mol. The number of carbonyl (C=O) groups excluding carboxylic acids is 3. The molecule has 0 aliphatic heterocycles. The Bertz CT molecular complexity index is 976. The first-order valence-corrected chi connectivity index (χ1v) is 10.6. The molecular weight excluding hydrogens is 420 g/mol. The summed E-state index contributed by atoms with van der Waals surface area (Å²) in [7, 11) is 3.31. The molecule has 31 heavy (non-hydrogen) atoms. The van der Waals surface area contributed by atoms with Crippen LogP contribution in [0.1, 0.15) is 37.0 Å². The van der Waals surface area contributed by atoms with Crippen LogP contribution in [0, 0.1) is 6.92 Å². The van der Waals surface area contributed by atoms with E-state index in [1.165, 1.54) is 4.90 Å². The molecule has 0 radical (unpaired) electrons. The molecule has 1 aromatic carbocycles. The molecule has 9 heteroatoms. The monoisotopic (exact) mass is 446 g/mol. The first-order chi connectivity index (χ1) is 14.7. The third-order valence-electron chi connectivity index (χ3n) is 5.63. The van der Waals surface area contributed by atoms with Crippen LogP contribution in [0.25, 0.3) is 0 Å². The van der Waals surface area contributed by atoms with Crippen molar-refractivity contribution in [1.29, 1.82) is 0 Å². The molecule has 1 aliphatic rings. The number of hydrogen-bond donors (Lipinski definition) is 1. The van der Waals surface area contributed by atoms with Crippen LogP contribution in [0.2, 0.25) is 5.02 Å². The molecule has 3 rings (SSSR count). The summed E-state index contributed by atoms with van der Waals surface area (Å²) in [5.41, 5.74) is -0.436. The van der Waals surface area contributed by atoms with Gasteiger partial charge in [-0.25, -0.2) is 0 Å². The highest BCUT2D eigenvalue weighted by atomic mass is 35.5. The number of Topliss-reactive ketones (excluding diaryl/α,β-unsaturated/α-hetero) is 1. The van der Waals surface area contributed by atoms with Crippen LogP contribution in [0.15, 0.2) is 34.9 Å². The second-order valence-corrected chi connectivity index (χ2v) is 8.37. The van der Waals surface area contributed by atoms with Crippen LogP contribution < -0.4 is 5.32 Å². The van der Waals surface area contributed by atoms with E-state index in [9.17, 15) is 14.4 Å². The Morgan fingerprint density at radius 1 is 1.23 bits per heavy atom. The van der Waals surface area contributed by atoms with Crippen molar-refractivity contribution in [3.05, 3.63) is 46.7 Å². The molecule has 1 unspecified atom stereocenters. The molecule has 1 N–H and O–H groups in total. The minimum Gasteiger partial charge on any atom is -0.360 e. The first-order valence-electron chi connectivity index (χ1n) is 10.2. The minimum atomic E-state index is -1.09. The van der Waals surface area contributed by atoms with Crippen molar-refractivity contribution in [2.75, 3.05) is 32.5 Å². The number of aromatic nitrogens is 1. The van der Waals surface area contributed by atoms with Gasteiger partial charge in [-0.05, 0) is 39.3 Å². The maximum absolute atomic E-state index is 13.2. The van der Waals surface area contributed by atoms with Gasteiger partial charge in [0.05, 0.1) is 13.1 Å². The molecular formula is C22H27ClN4O4. The number of likely N-dealkylation sites (N-methyl/N-ethyl adjacent to an activating group) is 2. The molecule has 1 fully saturated rings. The number of aryl methyl sites for hydroxylation is 1. The number of halogens is 1. The Balaban J connectivity index is 1.72. The van der Waals surface area contributed by atoms with Crippen molar-refractivity contribution >= 4 is 35.0 Å². The van der Waals surface area contributed by atoms with Gasteiger partial charge in [-0.2, -0.15) is 0 Å². The van der Waals surface area contributed by atoms with Gasteiger partial charge in [-0.1, -0.05) is 35.0 Å². The van der Waals surface area contributed by atoms with E-state index in [0.717, 1.165) is 12.8 Å². The lowest BCUT2D eigenvalue weighted by atomic mass is 9.74. The van der Waals surface area contributed by atoms with E-state index in [1.54, 1.807) is 44.1 Å². The maximum atomic E-state index is 13.2. The predicted molar refractivity (Wildman–Crippen MR) is 117 cm³/mol. The lowest BCUT2D eigenvalue weighted by molar-refractivity contribution is -0.148. The number of nitrogens with one attached hydrogen (secondary N) is 1. The lowest BCUT2D eigenvalue weighted by Crippen LogP contribution is -2.56. The fraction of sp³-hybridized carbons (Fsp3) is 0.455. The Kier molecular flexibility index (Phi) is 7.12. The molecule has 1 aromatic heterocycles. The van der Waals surface area contributed by atoms with Crippen LogP contribution >= 0.6 is 11.6 Å². The number of nitrogens with zero attached hydrogens (tertiary/aromatic N) is 3. The molecule has 0 saturated heterocycles. The molecule has 1 saturated carbocycles. The highest BCUT2D eigenvalue weighted by Crippen LogP contribution is 2.42.